The lowest BCUT2D eigenvalue weighted by molar-refractivity contribution is -0.151. The fourth-order valence-electron chi connectivity index (χ4n) is 3.11. The molecule has 2 amide bonds. The molecule has 1 atom stereocenters. The highest BCUT2D eigenvalue weighted by molar-refractivity contribution is 6.00. The van der Waals surface area contributed by atoms with E-state index in [9.17, 15) is 18.8 Å². The number of amides is 2. The van der Waals surface area contributed by atoms with Gasteiger partial charge in [-0.05, 0) is 24.3 Å². The van der Waals surface area contributed by atoms with E-state index in [0.717, 1.165) is 0 Å². The molecule has 0 spiro atoms. The number of benzene rings is 2. The van der Waals surface area contributed by atoms with E-state index in [2.05, 4.69) is 5.32 Å². The van der Waals surface area contributed by atoms with E-state index in [1.54, 1.807) is 24.3 Å². The number of ether oxygens (including phenoxy) is 3. The maximum Gasteiger partial charge on any atom is 0.311 e. The second-order valence-corrected chi connectivity index (χ2v) is 6.58. The van der Waals surface area contributed by atoms with Crippen molar-refractivity contribution in [2.24, 2.45) is 5.92 Å². The Morgan fingerprint density at radius 2 is 1.93 bits per heavy atom. The average Bonchev–Trinajstić information content (AvgIpc) is 3.14. The molecule has 0 unspecified atom stereocenters. The average molecular weight is 416 g/mol. The number of nitrogens with zero attached hydrogens (tertiary/aromatic N) is 1. The Bertz CT molecular complexity index is 964. The van der Waals surface area contributed by atoms with Crippen LogP contribution in [0.5, 0.6) is 11.5 Å². The maximum absolute atomic E-state index is 13.9. The Hall–Kier alpha value is -3.62. The molecule has 0 radical (unpaired) electrons. The SMILES string of the molecule is COc1ccc(NC(=O)COC(=O)[C@H]2CC(=O)N(c3ccccc3F)C2)c(OC)c1. The number of hydrogen-bond donors (Lipinski definition) is 1. The smallest absolute Gasteiger partial charge is 0.311 e. The number of esters is 1. The standard InChI is InChI=1S/C21H21FN2O6/c1-28-14-7-8-16(18(10-14)29-2)23-19(25)12-30-21(27)13-9-20(26)24(11-13)17-6-4-3-5-15(17)22/h3-8,10,13H,9,11-12H2,1-2H3,(H,23,25)/t13-/m0/s1. The predicted molar refractivity (Wildman–Crippen MR) is 106 cm³/mol. The Labute approximate surface area is 172 Å². The lowest BCUT2D eigenvalue weighted by Crippen LogP contribution is -2.28. The molecule has 0 saturated carbocycles. The minimum atomic E-state index is -0.777. The Morgan fingerprint density at radius 3 is 2.63 bits per heavy atom. The molecule has 1 heterocycles. The zero-order valence-corrected chi connectivity index (χ0v) is 16.5. The van der Waals surface area contributed by atoms with Crippen molar-refractivity contribution in [1.82, 2.24) is 0 Å². The van der Waals surface area contributed by atoms with Crippen molar-refractivity contribution in [3.05, 3.63) is 48.3 Å². The molecular formula is C21H21FN2O6. The summed E-state index contributed by atoms with van der Waals surface area (Å²) < 4.78 is 29.3. The molecule has 0 aromatic heterocycles. The maximum atomic E-state index is 13.9. The van der Waals surface area contributed by atoms with Gasteiger partial charge in [-0.25, -0.2) is 4.39 Å². The van der Waals surface area contributed by atoms with Crippen molar-refractivity contribution >= 4 is 29.2 Å². The molecule has 158 valence electrons. The van der Waals surface area contributed by atoms with Gasteiger partial charge in [-0.3, -0.25) is 14.4 Å². The minimum absolute atomic E-state index is 0.00742. The first-order valence-electron chi connectivity index (χ1n) is 9.16. The monoisotopic (exact) mass is 416 g/mol. The van der Waals surface area contributed by atoms with Gasteiger partial charge in [-0.2, -0.15) is 0 Å². The van der Waals surface area contributed by atoms with Crippen LogP contribution in [0.2, 0.25) is 0 Å². The Balaban J connectivity index is 1.55. The first kappa shape index (κ1) is 21.1. The van der Waals surface area contributed by atoms with Crippen molar-refractivity contribution in [3.8, 4) is 11.5 Å². The van der Waals surface area contributed by atoms with Crippen LogP contribution in [0.3, 0.4) is 0 Å². The second kappa shape index (κ2) is 9.25. The summed E-state index contributed by atoms with van der Waals surface area (Å²) in [5.74, 6) is -2.03. The third kappa shape index (κ3) is 4.68. The van der Waals surface area contributed by atoms with E-state index < -0.39 is 30.2 Å². The van der Waals surface area contributed by atoms with Gasteiger partial charge in [0, 0.05) is 19.0 Å². The van der Waals surface area contributed by atoms with Gasteiger partial charge >= 0.3 is 5.97 Å². The first-order chi connectivity index (χ1) is 14.4. The van der Waals surface area contributed by atoms with Crippen molar-refractivity contribution < 1.29 is 33.0 Å². The summed E-state index contributed by atoms with van der Waals surface area (Å²) >= 11 is 0. The number of halogens is 1. The van der Waals surface area contributed by atoms with Gasteiger partial charge in [-0.15, -0.1) is 0 Å². The van der Waals surface area contributed by atoms with Gasteiger partial charge < -0.3 is 24.4 Å². The predicted octanol–water partition coefficient (Wildman–Crippen LogP) is 2.38. The number of methoxy groups -OCH3 is 2. The Kier molecular flexibility index (Phi) is 6.51. The minimum Gasteiger partial charge on any atom is -0.497 e. The van der Waals surface area contributed by atoms with Gasteiger partial charge in [0.1, 0.15) is 17.3 Å². The third-order valence-corrected chi connectivity index (χ3v) is 4.63. The highest BCUT2D eigenvalue weighted by Gasteiger charge is 2.37. The van der Waals surface area contributed by atoms with Crippen LogP contribution in [0.4, 0.5) is 15.8 Å². The van der Waals surface area contributed by atoms with E-state index in [4.69, 9.17) is 14.2 Å². The molecule has 1 aliphatic heterocycles. The van der Waals surface area contributed by atoms with Crippen molar-refractivity contribution in [2.75, 3.05) is 37.6 Å². The molecule has 1 saturated heterocycles. The van der Waals surface area contributed by atoms with Crippen LogP contribution in [0.15, 0.2) is 42.5 Å². The lowest BCUT2D eigenvalue weighted by Gasteiger charge is -2.17. The first-order valence-corrected chi connectivity index (χ1v) is 9.16. The van der Waals surface area contributed by atoms with Crippen LogP contribution >= 0.6 is 0 Å². The summed E-state index contributed by atoms with van der Waals surface area (Å²) in [6.45, 7) is -0.537. The fraction of sp³-hybridized carbons (Fsp3) is 0.286. The Morgan fingerprint density at radius 1 is 1.17 bits per heavy atom. The summed E-state index contributed by atoms with van der Waals surface area (Å²) in [5.41, 5.74) is 0.503. The van der Waals surface area contributed by atoms with Crippen LogP contribution in [0.25, 0.3) is 0 Å². The topological polar surface area (TPSA) is 94.2 Å². The van der Waals surface area contributed by atoms with Gasteiger partial charge in [0.25, 0.3) is 5.91 Å². The van der Waals surface area contributed by atoms with Gasteiger partial charge in [0.05, 0.1) is 31.5 Å². The van der Waals surface area contributed by atoms with Crippen LogP contribution in [0.1, 0.15) is 6.42 Å². The number of rotatable bonds is 7. The molecule has 1 fully saturated rings. The van der Waals surface area contributed by atoms with Crippen LogP contribution < -0.4 is 19.7 Å². The van der Waals surface area contributed by atoms with E-state index in [1.165, 1.54) is 37.3 Å². The molecule has 8 nitrogen and oxygen atoms in total. The molecule has 30 heavy (non-hydrogen) atoms. The van der Waals surface area contributed by atoms with E-state index in [-0.39, 0.29) is 24.6 Å². The summed E-state index contributed by atoms with van der Waals surface area (Å²) in [7, 11) is 2.95. The van der Waals surface area contributed by atoms with E-state index in [0.29, 0.717) is 17.2 Å². The number of nitrogens with one attached hydrogen (secondary N) is 1. The van der Waals surface area contributed by atoms with Crippen LogP contribution in [-0.2, 0) is 19.1 Å². The number of carbonyl (C=O) groups is 3. The molecule has 2 aromatic carbocycles. The number of hydrogen-bond acceptors (Lipinski definition) is 6. The molecule has 3 rings (SSSR count). The number of para-hydroxylation sites is 1. The van der Waals surface area contributed by atoms with Gasteiger partial charge in [0.2, 0.25) is 5.91 Å². The highest BCUT2D eigenvalue weighted by atomic mass is 19.1. The number of carbonyl (C=O) groups excluding carboxylic acids is 3. The zero-order chi connectivity index (χ0) is 21.7. The molecule has 0 aliphatic carbocycles. The summed E-state index contributed by atoms with van der Waals surface area (Å²) in [6, 6.07) is 10.7. The molecular weight excluding hydrogens is 395 g/mol. The molecule has 0 bridgehead atoms. The van der Waals surface area contributed by atoms with Gasteiger partial charge in [-0.1, -0.05) is 12.1 Å². The molecule has 1 N–H and O–H groups in total. The summed E-state index contributed by atoms with van der Waals surface area (Å²) in [4.78, 5) is 37.9. The van der Waals surface area contributed by atoms with Crippen LogP contribution in [0, 0.1) is 11.7 Å². The van der Waals surface area contributed by atoms with Crippen molar-refractivity contribution in [2.45, 2.75) is 6.42 Å². The fourth-order valence-corrected chi connectivity index (χ4v) is 3.11. The van der Waals surface area contributed by atoms with Crippen molar-refractivity contribution in [1.29, 1.82) is 0 Å². The second-order valence-electron chi connectivity index (χ2n) is 6.58. The third-order valence-electron chi connectivity index (χ3n) is 4.63. The quantitative estimate of drug-likeness (QED) is 0.697. The van der Waals surface area contributed by atoms with E-state index >= 15 is 0 Å². The molecule has 1 aliphatic rings. The summed E-state index contributed by atoms with van der Waals surface area (Å²) in [6.07, 6.45) is -0.110. The van der Waals surface area contributed by atoms with Crippen molar-refractivity contribution in [3.63, 3.8) is 0 Å². The molecule has 2 aromatic rings. The van der Waals surface area contributed by atoms with Crippen LogP contribution in [-0.4, -0.2) is 45.2 Å². The largest absolute Gasteiger partial charge is 0.497 e. The zero-order valence-electron chi connectivity index (χ0n) is 16.5. The number of anilines is 2. The highest BCUT2D eigenvalue weighted by Crippen LogP contribution is 2.29. The van der Waals surface area contributed by atoms with Gasteiger partial charge in [0.15, 0.2) is 6.61 Å². The van der Waals surface area contributed by atoms with E-state index in [1.807, 2.05) is 0 Å². The normalized spacial score (nSPS) is 15.6. The molecule has 9 heteroatoms. The lowest BCUT2D eigenvalue weighted by atomic mass is 10.1. The summed E-state index contributed by atoms with van der Waals surface area (Å²) in [5, 5.41) is 2.59.